The van der Waals surface area contributed by atoms with Crippen molar-refractivity contribution in [3.8, 4) is 16.2 Å². The molecule has 0 bridgehead atoms. The third-order valence-electron chi connectivity index (χ3n) is 3.75. The number of ether oxygens (including phenoxy) is 1. The van der Waals surface area contributed by atoms with E-state index in [1.165, 1.54) is 6.07 Å². The van der Waals surface area contributed by atoms with E-state index in [1.54, 1.807) is 43.5 Å². The van der Waals surface area contributed by atoms with E-state index in [9.17, 15) is 14.7 Å². The number of hydrogen-bond acceptors (Lipinski definition) is 4. The van der Waals surface area contributed by atoms with Crippen LogP contribution in [-0.4, -0.2) is 24.2 Å². The van der Waals surface area contributed by atoms with Crippen molar-refractivity contribution >= 4 is 57.2 Å². The number of rotatable bonds is 5. The smallest absolute Gasteiger partial charge is 0.338 e. The van der Waals surface area contributed by atoms with Crippen LogP contribution in [0.15, 0.2) is 48.5 Å². The maximum atomic E-state index is 12.4. The summed E-state index contributed by atoms with van der Waals surface area (Å²) >= 11 is 13.2. The van der Waals surface area contributed by atoms with Crippen LogP contribution in [0.3, 0.4) is 0 Å². The van der Waals surface area contributed by atoms with Gasteiger partial charge in [-0.15, -0.1) is 11.3 Å². The maximum absolute atomic E-state index is 12.4. The molecule has 0 spiro atoms. The SMILES string of the molecule is COc1cccc(-c2cc(C(=O)O)c(NC(=O)Nc3c(Cl)cccc3Cl)s2)c1. The number of carboxylic acid groups (broad SMARTS) is 1. The van der Waals surface area contributed by atoms with Crippen molar-refractivity contribution in [3.05, 3.63) is 64.1 Å². The number of methoxy groups -OCH3 is 1. The summed E-state index contributed by atoms with van der Waals surface area (Å²) in [4.78, 5) is 24.6. The first-order valence-electron chi connectivity index (χ1n) is 7.92. The van der Waals surface area contributed by atoms with Gasteiger partial charge in [0.1, 0.15) is 10.8 Å². The third-order valence-corrected chi connectivity index (χ3v) is 5.47. The van der Waals surface area contributed by atoms with Crippen LogP contribution in [0.1, 0.15) is 10.4 Å². The molecule has 6 nitrogen and oxygen atoms in total. The quantitative estimate of drug-likeness (QED) is 0.452. The van der Waals surface area contributed by atoms with E-state index in [0.717, 1.165) is 16.9 Å². The maximum Gasteiger partial charge on any atom is 0.338 e. The highest BCUT2D eigenvalue weighted by Crippen LogP contribution is 2.37. The lowest BCUT2D eigenvalue weighted by Gasteiger charge is -2.10. The van der Waals surface area contributed by atoms with Gasteiger partial charge < -0.3 is 15.2 Å². The number of benzene rings is 2. The Labute approximate surface area is 174 Å². The highest BCUT2D eigenvalue weighted by molar-refractivity contribution is 7.20. The van der Waals surface area contributed by atoms with Crippen molar-refractivity contribution < 1.29 is 19.4 Å². The number of carbonyl (C=O) groups excluding carboxylic acids is 1. The number of anilines is 2. The fourth-order valence-electron chi connectivity index (χ4n) is 2.43. The average molecular weight is 437 g/mol. The molecule has 1 aromatic heterocycles. The van der Waals surface area contributed by atoms with Crippen molar-refractivity contribution in [2.75, 3.05) is 17.7 Å². The molecule has 3 N–H and O–H groups in total. The molecular formula is C19H14Cl2N2O4S. The van der Waals surface area contributed by atoms with Crippen LogP contribution in [0.25, 0.3) is 10.4 Å². The standard InChI is InChI=1S/C19H14Cl2N2O4S/c1-27-11-5-2-4-10(8-11)15-9-12(18(24)25)17(28-15)23-19(26)22-16-13(20)6-3-7-14(16)21/h2-9H,1H3,(H,24,25)(H2,22,23,26). The van der Waals surface area contributed by atoms with Crippen molar-refractivity contribution in [3.63, 3.8) is 0 Å². The molecule has 0 radical (unpaired) electrons. The van der Waals surface area contributed by atoms with Gasteiger partial charge in [0.05, 0.1) is 28.4 Å². The van der Waals surface area contributed by atoms with Crippen molar-refractivity contribution in [1.82, 2.24) is 0 Å². The number of carboxylic acids is 1. The van der Waals surface area contributed by atoms with Gasteiger partial charge in [0.15, 0.2) is 0 Å². The monoisotopic (exact) mass is 436 g/mol. The zero-order valence-corrected chi connectivity index (χ0v) is 16.8. The summed E-state index contributed by atoms with van der Waals surface area (Å²) in [6, 6.07) is 12.9. The number of urea groups is 1. The third kappa shape index (κ3) is 4.39. The number of hydrogen-bond donors (Lipinski definition) is 3. The Bertz CT molecular complexity index is 1030. The molecule has 0 unspecified atom stereocenters. The first kappa shape index (κ1) is 20.0. The van der Waals surface area contributed by atoms with Crippen LogP contribution in [-0.2, 0) is 0 Å². The molecule has 9 heteroatoms. The Morgan fingerprint density at radius 1 is 1.04 bits per heavy atom. The van der Waals surface area contributed by atoms with E-state index in [2.05, 4.69) is 10.6 Å². The molecule has 0 aliphatic rings. The van der Waals surface area contributed by atoms with Gasteiger partial charge in [0, 0.05) is 4.88 Å². The van der Waals surface area contributed by atoms with Gasteiger partial charge in [0.25, 0.3) is 0 Å². The second kappa shape index (κ2) is 8.52. The largest absolute Gasteiger partial charge is 0.497 e. The van der Waals surface area contributed by atoms with Crippen LogP contribution < -0.4 is 15.4 Å². The highest BCUT2D eigenvalue weighted by atomic mass is 35.5. The first-order valence-corrected chi connectivity index (χ1v) is 9.50. The predicted molar refractivity (Wildman–Crippen MR) is 112 cm³/mol. The van der Waals surface area contributed by atoms with Gasteiger partial charge in [0.2, 0.25) is 0 Å². The van der Waals surface area contributed by atoms with Crippen LogP contribution in [0.4, 0.5) is 15.5 Å². The van der Waals surface area contributed by atoms with Gasteiger partial charge in [-0.25, -0.2) is 9.59 Å². The second-order valence-electron chi connectivity index (χ2n) is 5.57. The van der Waals surface area contributed by atoms with Crippen LogP contribution in [0.2, 0.25) is 10.0 Å². The van der Waals surface area contributed by atoms with Gasteiger partial charge in [-0.05, 0) is 35.9 Å². The Kier molecular flexibility index (Phi) is 6.08. The lowest BCUT2D eigenvalue weighted by atomic mass is 10.1. The van der Waals surface area contributed by atoms with Crippen LogP contribution in [0.5, 0.6) is 5.75 Å². The fraction of sp³-hybridized carbons (Fsp3) is 0.0526. The zero-order valence-electron chi connectivity index (χ0n) is 14.5. The fourth-order valence-corrected chi connectivity index (χ4v) is 3.96. The minimum Gasteiger partial charge on any atom is -0.497 e. The van der Waals surface area contributed by atoms with Crippen molar-refractivity contribution in [2.45, 2.75) is 0 Å². The molecule has 28 heavy (non-hydrogen) atoms. The van der Waals surface area contributed by atoms with Crippen LogP contribution >= 0.6 is 34.5 Å². The molecule has 2 aromatic carbocycles. The normalized spacial score (nSPS) is 10.4. The molecular weight excluding hydrogens is 423 g/mol. The summed E-state index contributed by atoms with van der Waals surface area (Å²) in [6.07, 6.45) is 0. The van der Waals surface area contributed by atoms with E-state index < -0.39 is 12.0 Å². The Balaban J connectivity index is 1.88. The summed E-state index contributed by atoms with van der Waals surface area (Å²) in [7, 11) is 1.55. The lowest BCUT2D eigenvalue weighted by Crippen LogP contribution is -2.20. The molecule has 1 heterocycles. The topological polar surface area (TPSA) is 87.7 Å². The van der Waals surface area contributed by atoms with Gasteiger partial charge in [-0.3, -0.25) is 5.32 Å². The molecule has 0 saturated heterocycles. The molecule has 144 valence electrons. The lowest BCUT2D eigenvalue weighted by molar-refractivity contribution is 0.0698. The average Bonchev–Trinajstić information content (AvgIpc) is 3.09. The highest BCUT2D eigenvalue weighted by Gasteiger charge is 2.19. The number of amides is 2. The summed E-state index contributed by atoms with van der Waals surface area (Å²) in [5.41, 5.74) is 0.988. The molecule has 0 fully saturated rings. The summed E-state index contributed by atoms with van der Waals surface area (Å²) < 4.78 is 5.20. The summed E-state index contributed by atoms with van der Waals surface area (Å²) in [5, 5.41) is 15.3. The Hall–Kier alpha value is -2.74. The summed E-state index contributed by atoms with van der Waals surface area (Å²) in [5.74, 6) is -0.514. The molecule has 0 aliphatic carbocycles. The number of nitrogens with one attached hydrogen (secondary N) is 2. The summed E-state index contributed by atoms with van der Waals surface area (Å²) in [6.45, 7) is 0. The van der Waals surface area contributed by atoms with Gasteiger partial charge in [-0.1, -0.05) is 41.4 Å². The first-order chi connectivity index (χ1) is 13.4. The number of carbonyl (C=O) groups is 2. The van der Waals surface area contributed by atoms with Crippen molar-refractivity contribution in [1.29, 1.82) is 0 Å². The molecule has 3 aromatic rings. The molecule has 2 amide bonds. The van der Waals surface area contributed by atoms with E-state index in [1.807, 2.05) is 6.07 Å². The number of thiophene rings is 1. The predicted octanol–water partition coefficient (Wildman–Crippen LogP) is 6.07. The van der Waals surface area contributed by atoms with Gasteiger partial charge >= 0.3 is 12.0 Å². The van der Waals surface area contributed by atoms with E-state index in [0.29, 0.717) is 10.6 Å². The van der Waals surface area contributed by atoms with Gasteiger partial charge in [-0.2, -0.15) is 0 Å². The minimum absolute atomic E-state index is 0.0248. The number of aromatic carboxylic acids is 1. The number of halogens is 2. The van der Waals surface area contributed by atoms with Crippen molar-refractivity contribution in [2.24, 2.45) is 0 Å². The van der Waals surface area contributed by atoms with E-state index in [4.69, 9.17) is 27.9 Å². The van der Waals surface area contributed by atoms with E-state index in [-0.39, 0.29) is 26.3 Å². The molecule has 3 rings (SSSR count). The second-order valence-corrected chi connectivity index (χ2v) is 7.43. The molecule has 0 aliphatic heterocycles. The minimum atomic E-state index is -1.16. The zero-order chi connectivity index (χ0) is 20.3. The van der Waals surface area contributed by atoms with E-state index >= 15 is 0 Å². The Morgan fingerprint density at radius 2 is 1.71 bits per heavy atom. The number of para-hydroxylation sites is 1. The molecule has 0 saturated carbocycles. The van der Waals surface area contributed by atoms with Crippen LogP contribution in [0, 0.1) is 0 Å². The molecule has 0 atom stereocenters. The Morgan fingerprint density at radius 3 is 2.36 bits per heavy atom.